The van der Waals surface area contributed by atoms with E-state index in [1.165, 1.54) is 11.3 Å². The van der Waals surface area contributed by atoms with Gasteiger partial charge in [0.1, 0.15) is 0 Å². The third kappa shape index (κ3) is 7.61. The van der Waals surface area contributed by atoms with E-state index in [1.807, 2.05) is 6.92 Å². The van der Waals surface area contributed by atoms with Gasteiger partial charge in [0.15, 0.2) is 0 Å². The summed E-state index contributed by atoms with van der Waals surface area (Å²) in [4.78, 5) is 5.04. The molecule has 0 amide bonds. The molecule has 110 valence electrons. The van der Waals surface area contributed by atoms with Crippen LogP contribution < -0.4 is 10.0 Å². The molecule has 0 aliphatic rings. The number of hydrogen-bond acceptors (Lipinski definition) is 5. The van der Waals surface area contributed by atoms with Crippen LogP contribution in [0.4, 0.5) is 0 Å². The van der Waals surface area contributed by atoms with Gasteiger partial charge in [-0.1, -0.05) is 13.8 Å². The molecule has 0 aliphatic heterocycles. The van der Waals surface area contributed by atoms with Gasteiger partial charge in [-0.3, -0.25) is 0 Å². The zero-order chi connectivity index (χ0) is 14.3. The van der Waals surface area contributed by atoms with Crippen molar-refractivity contribution in [2.24, 2.45) is 0 Å². The van der Waals surface area contributed by atoms with Crippen molar-refractivity contribution in [2.75, 3.05) is 12.3 Å². The van der Waals surface area contributed by atoms with E-state index in [0.29, 0.717) is 19.0 Å². The molecular formula is C12H23N3O2S2. The molecule has 0 saturated carbocycles. The quantitative estimate of drug-likeness (QED) is 0.681. The monoisotopic (exact) mass is 305 g/mol. The van der Waals surface area contributed by atoms with Gasteiger partial charge in [-0.25, -0.2) is 18.1 Å². The number of nitrogens with zero attached hydrogens (tertiary/aromatic N) is 1. The Bertz CT molecular complexity index is 469. The van der Waals surface area contributed by atoms with Gasteiger partial charge in [0.2, 0.25) is 10.0 Å². The molecule has 1 heterocycles. The molecule has 0 aliphatic carbocycles. The fraction of sp³-hybridized carbons (Fsp3) is 0.750. The van der Waals surface area contributed by atoms with Crippen LogP contribution in [0.2, 0.25) is 0 Å². The Labute approximate surface area is 119 Å². The Morgan fingerprint density at radius 2 is 2.11 bits per heavy atom. The van der Waals surface area contributed by atoms with Gasteiger partial charge in [-0.2, -0.15) is 0 Å². The first-order valence-electron chi connectivity index (χ1n) is 6.51. The number of thiazole rings is 1. The van der Waals surface area contributed by atoms with Crippen LogP contribution in [0, 0.1) is 6.92 Å². The molecule has 0 fully saturated rings. The van der Waals surface area contributed by atoms with Crippen LogP contribution in [0.15, 0.2) is 6.20 Å². The van der Waals surface area contributed by atoms with Crippen molar-refractivity contribution >= 4 is 21.4 Å². The van der Waals surface area contributed by atoms with Gasteiger partial charge in [0.25, 0.3) is 0 Å². The van der Waals surface area contributed by atoms with Crippen molar-refractivity contribution in [2.45, 2.75) is 46.2 Å². The molecular weight excluding hydrogens is 282 g/mol. The van der Waals surface area contributed by atoms with E-state index >= 15 is 0 Å². The second-order valence-electron chi connectivity index (χ2n) is 4.80. The third-order valence-corrected chi connectivity index (χ3v) is 4.85. The summed E-state index contributed by atoms with van der Waals surface area (Å²) in [6.45, 7) is 7.27. The molecule has 0 aromatic carbocycles. The Morgan fingerprint density at radius 3 is 2.68 bits per heavy atom. The first kappa shape index (κ1) is 16.6. The van der Waals surface area contributed by atoms with E-state index in [4.69, 9.17) is 0 Å². The lowest BCUT2D eigenvalue weighted by atomic mass is 10.3. The highest BCUT2D eigenvalue weighted by atomic mass is 32.2. The second-order valence-corrected chi connectivity index (χ2v) is 8.05. The molecule has 5 nitrogen and oxygen atoms in total. The van der Waals surface area contributed by atoms with E-state index in [1.54, 1.807) is 6.20 Å². The number of aromatic nitrogens is 1. The lowest BCUT2D eigenvalue weighted by Crippen LogP contribution is -2.27. The molecule has 1 rings (SSSR count). The van der Waals surface area contributed by atoms with Crippen molar-refractivity contribution in [1.82, 2.24) is 15.0 Å². The van der Waals surface area contributed by atoms with Crippen molar-refractivity contribution in [3.8, 4) is 0 Å². The van der Waals surface area contributed by atoms with Crippen LogP contribution in [0.25, 0.3) is 0 Å². The highest BCUT2D eigenvalue weighted by Gasteiger charge is 2.10. The molecule has 0 saturated heterocycles. The zero-order valence-electron chi connectivity index (χ0n) is 11.8. The fourth-order valence-electron chi connectivity index (χ4n) is 1.55. The van der Waals surface area contributed by atoms with Crippen LogP contribution in [0.1, 0.15) is 36.6 Å². The van der Waals surface area contributed by atoms with Gasteiger partial charge in [-0.05, 0) is 26.3 Å². The number of rotatable bonds is 9. The lowest BCUT2D eigenvalue weighted by Gasteiger charge is -2.08. The Morgan fingerprint density at radius 1 is 1.37 bits per heavy atom. The van der Waals surface area contributed by atoms with Crippen LogP contribution >= 0.6 is 11.3 Å². The van der Waals surface area contributed by atoms with Gasteiger partial charge < -0.3 is 5.32 Å². The average molecular weight is 305 g/mol. The predicted molar refractivity (Wildman–Crippen MR) is 79.9 cm³/mol. The number of aryl methyl sites for hydroxylation is 1. The van der Waals surface area contributed by atoms with E-state index in [2.05, 4.69) is 28.9 Å². The minimum atomic E-state index is -3.17. The van der Waals surface area contributed by atoms with E-state index in [-0.39, 0.29) is 5.75 Å². The molecule has 2 N–H and O–H groups in total. The minimum absolute atomic E-state index is 0.185. The van der Waals surface area contributed by atoms with Crippen LogP contribution in [-0.4, -0.2) is 31.7 Å². The first-order chi connectivity index (χ1) is 8.89. The molecule has 0 unspecified atom stereocenters. The van der Waals surface area contributed by atoms with Gasteiger partial charge >= 0.3 is 0 Å². The summed E-state index contributed by atoms with van der Waals surface area (Å²) in [6.07, 6.45) is 3.27. The van der Waals surface area contributed by atoms with Crippen molar-refractivity contribution in [3.05, 3.63) is 16.1 Å². The Hall–Kier alpha value is -0.500. The van der Waals surface area contributed by atoms with Crippen molar-refractivity contribution in [1.29, 1.82) is 0 Å². The van der Waals surface area contributed by atoms with Crippen LogP contribution in [0.5, 0.6) is 0 Å². The summed E-state index contributed by atoms with van der Waals surface area (Å²) in [5.41, 5.74) is 0. The maximum atomic E-state index is 11.8. The largest absolute Gasteiger partial charge is 0.315 e. The van der Waals surface area contributed by atoms with Crippen LogP contribution in [-0.2, 0) is 16.6 Å². The maximum absolute atomic E-state index is 11.8. The lowest BCUT2D eigenvalue weighted by molar-refractivity contribution is 0.555. The second kappa shape index (κ2) is 7.94. The molecule has 7 heteroatoms. The Kier molecular flexibility index (Phi) is 6.92. The number of hydrogen-bond donors (Lipinski definition) is 2. The molecule has 0 spiro atoms. The van der Waals surface area contributed by atoms with Gasteiger partial charge in [0, 0.05) is 23.7 Å². The molecule has 0 atom stereocenters. The predicted octanol–water partition coefficient (Wildman–Crippen LogP) is 1.65. The minimum Gasteiger partial charge on any atom is -0.315 e. The topological polar surface area (TPSA) is 71.1 Å². The van der Waals surface area contributed by atoms with E-state index < -0.39 is 10.0 Å². The standard InChI is InChI=1S/C12H23N3O2S2/c1-10(2)13-6-4-5-7-19(16,17)15-9-12-8-14-11(3)18-12/h8,10,13,15H,4-7,9H2,1-3H3. The average Bonchev–Trinajstić information content (AvgIpc) is 2.72. The van der Waals surface area contributed by atoms with Crippen molar-refractivity contribution in [3.63, 3.8) is 0 Å². The molecule has 19 heavy (non-hydrogen) atoms. The summed E-state index contributed by atoms with van der Waals surface area (Å²) in [6, 6.07) is 0.448. The first-order valence-corrected chi connectivity index (χ1v) is 8.98. The summed E-state index contributed by atoms with van der Waals surface area (Å²) < 4.78 is 26.1. The normalized spacial score (nSPS) is 12.2. The molecule has 0 bridgehead atoms. The molecule has 1 aromatic rings. The SMILES string of the molecule is Cc1ncc(CNS(=O)(=O)CCCCNC(C)C)s1. The smallest absolute Gasteiger partial charge is 0.211 e. The van der Waals surface area contributed by atoms with E-state index in [0.717, 1.165) is 22.9 Å². The summed E-state index contributed by atoms with van der Waals surface area (Å²) >= 11 is 1.52. The number of nitrogens with one attached hydrogen (secondary N) is 2. The molecule has 1 aromatic heterocycles. The Balaban J connectivity index is 2.21. The van der Waals surface area contributed by atoms with Crippen LogP contribution in [0.3, 0.4) is 0 Å². The highest BCUT2D eigenvalue weighted by Crippen LogP contribution is 2.11. The summed E-state index contributed by atoms with van der Waals surface area (Å²) in [5, 5.41) is 4.22. The molecule has 0 radical (unpaired) electrons. The maximum Gasteiger partial charge on any atom is 0.211 e. The number of sulfonamides is 1. The fourth-order valence-corrected chi connectivity index (χ4v) is 3.48. The van der Waals surface area contributed by atoms with Gasteiger partial charge in [-0.15, -0.1) is 11.3 Å². The number of unbranched alkanes of at least 4 members (excludes halogenated alkanes) is 1. The van der Waals surface area contributed by atoms with E-state index in [9.17, 15) is 8.42 Å². The summed E-state index contributed by atoms with van der Waals surface area (Å²) in [5.74, 6) is 0.185. The highest BCUT2D eigenvalue weighted by molar-refractivity contribution is 7.89. The third-order valence-electron chi connectivity index (χ3n) is 2.53. The van der Waals surface area contributed by atoms with Gasteiger partial charge in [0.05, 0.1) is 10.8 Å². The zero-order valence-corrected chi connectivity index (χ0v) is 13.4. The summed E-state index contributed by atoms with van der Waals surface area (Å²) in [7, 11) is -3.17. The van der Waals surface area contributed by atoms with Crippen molar-refractivity contribution < 1.29 is 8.42 Å².